The quantitative estimate of drug-likeness (QED) is 0.690. The Balaban J connectivity index is 1.99. The van der Waals surface area contributed by atoms with Gasteiger partial charge in [-0.15, -0.1) is 0 Å². The predicted octanol–water partition coefficient (Wildman–Crippen LogP) is 1.88. The zero-order chi connectivity index (χ0) is 14.3. The van der Waals surface area contributed by atoms with Gasteiger partial charge in [0.1, 0.15) is 11.5 Å². The van der Waals surface area contributed by atoms with Crippen LogP contribution >= 0.6 is 0 Å². The van der Waals surface area contributed by atoms with Gasteiger partial charge in [-0.3, -0.25) is 4.79 Å². The molecule has 4 N–H and O–H groups in total. The van der Waals surface area contributed by atoms with Gasteiger partial charge >= 0.3 is 0 Å². The van der Waals surface area contributed by atoms with Gasteiger partial charge < -0.3 is 20.8 Å². The second-order valence-electron chi connectivity index (χ2n) is 4.80. The number of amides is 1. The van der Waals surface area contributed by atoms with Gasteiger partial charge in [0.05, 0.1) is 5.56 Å². The molecular weight excluding hydrogens is 256 g/mol. The summed E-state index contributed by atoms with van der Waals surface area (Å²) in [7, 11) is 0. The van der Waals surface area contributed by atoms with Crippen molar-refractivity contribution in [2.45, 2.75) is 6.42 Å². The number of hydrogen-bond donors (Lipinski definition) is 3. The smallest absolute Gasteiger partial charge is 0.262 e. The topological polar surface area (TPSA) is 86.8 Å². The van der Waals surface area contributed by atoms with Gasteiger partial charge in [0, 0.05) is 24.0 Å². The summed E-state index contributed by atoms with van der Waals surface area (Å²) in [5, 5.41) is 19.1. The fraction of sp³-hybridized carbons (Fsp3) is 0.133. The number of carbonyl (C=O) groups excluding carboxylic acids is 1. The minimum atomic E-state index is -0.299. The third kappa shape index (κ3) is 1.93. The van der Waals surface area contributed by atoms with Gasteiger partial charge in [0.15, 0.2) is 0 Å². The highest BCUT2D eigenvalue weighted by Crippen LogP contribution is 2.33. The van der Waals surface area contributed by atoms with Crippen LogP contribution in [0.15, 0.2) is 36.4 Å². The van der Waals surface area contributed by atoms with Crippen molar-refractivity contribution in [2.24, 2.45) is 0 Å². The summed E-state index contributed by atoms with van der Waals surface area (Å²) in [5.41, 5.74) is 8.36. The fourth-order valence-electron chi connectivity index (χ4n) is 2.45. The molecule has 5 heteroatoms. The molecule has 1 aliphatic heterocycles. The minimum absolute atomic E-state index is 0.0786. The first-order chi connectivity index (χ1) is 9.56. The van der Waals surface area contributed by atoms with Gasteiger partial charge in [-0.05, 0) is 36.2 Å². The second-order valence-corrected chi connectivity index (χ2v) is 4.80. The first kappa shape index (κ1) is 12.3. The lowest BCUT2D eigenvalue weighted by Crippen LogP contribution is -2.28. The Morgan fingerprint density at radius 2 is 1.95 bits per heavy atom. The zero-order valence-corrected chi connectivity index (χ0v) is 10.7. The van der Waals surface area contributed by atoms with Crippen molar-refractivity contribution in [2.75, 3.05) is 17.2 Å². The second kappa shape index (κ2) is 4.45. The molecule has 0 spiro atoms. The molecule has 2 aromatic rings. The first-order valence-electron chi connectivity index (χ1n) is 6.28. The Kier molecular flexibility index (Phi) is 2.75. The van der Waals surface area contributed by atoms with Gasteiger partial charge in [-0.2, -0.15) is 0 Å². The highest BCUT2D eigenvalue weighted by molar-refractivity contribution is 6.09. The van der Waals surface area contributed by atoms with Crippen LogP contribution in [0, 0.1) is 0 Å². The summed E-state index contributed by atoms with van der Waals surface area (Å²) in [4.78, 5) is 14.1. The Hall–Kier alpha value is -2.69. The highest BCUT2D eigenvalue weighted by atomic mass is 16.3. The van der Waals surface area contributed by atoms with Crippen LogP contribution in [-0.4, -0.2) is 22.7 Å². The molecule has 0 unspecified atom stereocenters. The van der Waals surface area contributed by atoms with Crippen molar-refractivity contribution < 1.29 is 15.0 Å². The van der Waals surface area contributed by atoms with E-state index in [0.29, 0.717) is 12.2 Å². The molecule has 0 fully saturated rings. The molecule has 3 rings (SSSR count). The number of nitrogens with zero attached hydrogens (tertiary/aromatic N) is 1. The summed E-state index contributed by atoms with van der Waals surface area (Å²) in [6, 6.07) is 9.43. The van der Waals surface area contributed by atoms with Crippen LogP contribution in [0.2, 0.25) is 0 Å². The molecule has 1 aliphatic rings. The molecule has 1 amide bonds. The molecule has 0 aliphatic carbocycles. The van der Waals surface area contributed by atoms with Crippen molar-refractivity contribution in [3.8, 4) is 11.5 Å². The molecule has 0 saturated heterocycles. The van der Waals surface area contributed by atoms with Crippen LogP contribution in [0.4, 0.5) is 11.4 Å². The molecule has 2 aromatic carbocycles. The number of phenols is 2. The molecule has 0 saturated carbocycles. The standard InChI is InChI=1S/C15H14N2O3/c16-10-2-1-9-5-6-17(13(9)7-10)15(20)12-4-3-11(18)8-14(12)19/h1-4,7-8,18-19H,5-6,16H2. The summed E-state index contributed by atoms with van der Waals surface area (Å²) >= 11 is 0. The van der Waals surface area contributed by atoms with Crippen LogP contribution in [-0.2, 0) is 6.42 Å². The maximum Gasteiger partial charge on any atom is 0.262 e. The van der Waals surface area contributed by atoms with Crippen molar-refractivity contribution in [1.82, 2.24) is 0 Å². The van der Waals surface area contributed by atoms with Crippen LogP contribution in [0.5, 0.6) is 11.5 Å². The van der Waals surface area contributed by atoms with Crippen molar-refractivity contribution in [3.63, 3.8) is 0 Å². The fourth-order valence-corrected chi connectivity index (χ4v) is 2.45. The first-order valence-corrected chi connectivity index (χ1v) is 6.28. The van der Waals surface area contributed by atoms with Gasteiger partial charge in [0.2, 0.25) is 0 Å². The van der Waals surface area contributed by atoms with E-state index in [-0.39, 0.29) is 23.0 Å². The van der Waals surface area contributed by atoms with E-state index in [9.17, 15) is 15.0 Å². The van der Waals surface area contributed by atoms with Gasteiger partial charge in [0.25, 0.3) is 5.91 Å². The van der Waals surface area contributed by atoms with E-state index in [1.165, 1.54) is 12.1 Å². The third-order valence-electron chi connectivity index (χ3n) is 3.46. The van der Waals surface area contributed by atoms with Gasteiger partial charge in [-0.1, -0.05) is 6.07 Å². The van der Waals surface area contributed by atoms with E-state index < -0.39 is 0 Å². The Bertz CT molecular complexity index is 698. The largest absolute Gasteiger partial charge is 0.508 e. The van der Waals surface area contributed by atoms with E-state index in [0.717, 1.165) is 23.7 Å². The monoisotopic (exact) mass is 270 g/mol. The molecule has 5 nitrogen and oxygen atoms in total. The maximum absolute atomic E-state index is 12.5. The number of fused-ring (bicyclic) bond motifs is 1. The molecule has 102 valence electrons. The normalized spacial score (nSPS) is 13.3. The number of rotatable bonds is 1. The number of phenolic OH excluding ortho intramolecular Hbond substituents is 2. The number of nitrogens with two attached hydrogens (primary N) is 1. The Morgan fingerprint density at radius 3 is 2.70 bits per heavy atom. The maximum atomic E-state index is 12.5. The molecule has 0 radical (unpaired) electrons. The number of carbonyl (C=O) groups is 1. The van der Waals surface area contributed by atoms with E-state index in [1.54, 1.807) is 11.0 Å². The number of benzene rings is 2. The van der Waals surface area contributed by atoms with E-state index in [2.05, 4.69) is 0 Å². The summed E-state index contributed by atoms with van der Waals surface area (Å²) < 4.78 is 0. The van der Waals surface area contributed by atoms with Crippen molar-refractivity contribution in [1.29, 1.82) is 0 Å². The average molecular weight is 270 g/mol. The molecule has 20 heavy (non-hydrogen) atoms. The SMILES string of the molecule is Nc1ccc2c(c1)N(C(=O)c1ccc(O)cc1O)CC2. The van der Waals surface area contributed by atoms with E-state index in [4.69, 9.17) is 5.73 Å². The Labute approximate surface area is 115 Å². The molecule has 1 heterocycles. The predicted molar refractivity (Wildman–Crippen MR) is 76.0 cm³/mol. The van der Waals surface area contributed by atoms with Gasteiger partial charge in [-0.25, -0.2) is 0 Å². The lowest BCUT2D eigenvalue weighted by atomic mass is 10.1. The summed E-state index contributed by atoms with van der Waals surface area (Å²) in [6.45, 7) is 0.554. The third-order valence-corrected chi connectivity index (χ3v) is 3.46. The highest BCUT2D eigenvalue weighted by Gasteiger charge is 2.27. The number of aromatic hydroxyl groups is 2. The van der Waals surface area contributed by atoms with Crippen LogP contribution in [0.3, 0.4) is 0 Å². The summed E-state index contributed by atoms with van der Waals surface area (Å²) in [6.07, 6.45) is 0.764. The van der Waals surface area contributed by atoms with Crippen LogP contribution in [0.1, 0.15) is 15.9 Å². The zero-order valence-electron chi connectivity index (χ0n) is 10.7. The molecule has 0 bridgehead atoms. The Morgan fingerprint density at radius 1 is 1.15 bits per heavy atom. The van der Waals surface area contributed by atoms with E-state index >= 15 is 0 Å². The van der Waals surface area contributed by atoms with E-state index in [1.807, 2.05) is 12.1 Å². The van der Waals surface area contributed by atoms with Crippen LogP contribution < -0.4 is 10.6 Å². The number of hydrogen-bond acceptors (Lipinski definition) is 4. The molecule has 0 atom stereocenters. The lowest BCUT2D eigenvalue weighted by molar-refractivity contribution is 0.0987. The van der Waals surface area contributed by atoms with Crippen LogP contribution in [0.25, 0.3) is 0 Å². The van der Waals surface area contributed by atoms with Crippen molar-refractivity contribution >= 4 is 17.3 Å². The number of nitrogen functional groups attached to an aromatic ring is 1. The average Bonchev–Trinajstić information content (AvgIpc) is 2.81. The van der Waals surface area contributed by atoms with Crippen molar-refractivity contribution in [3.05, 3.63) is 47.5 Å². The molecular formula is C15H14N2O3. The number of anilines is 2. The minimum Gasteiger partial charge on any atom is -0.508 e. The summed E-state index contributed by atoms with van der Waals surface area (Å²) in [5.74, 6) is -0.607. The lowest BCUT2D eigenvalue weighted by Gasteiger charge is -2.18. The molecule has 0 aromatic heterocycles.